The van der Waals surface area contributed by atoms with Gasteiger partial charge in [0.15, 0.2) is 0 Å². The van der Waals surface area contributed by atoms with Crippen LogP contribution in [-0.4, -0.2) is 22.6 Å². The lowest BCUT2D eigenvalue weighted by molar-refractivity contribution is -0.143. The van der Waals surface area contributed by atoms with Gasteiger partial charge in [-0.25, -0.2) is 0 Å². The van der Waals surface area contributed by atoms with Gasteiger partial charge in [-0.15, -0.1) is 0 Å². The predicted molar refractivity (Wildman–Crippen MR) is 92.3 cm³/mol. The zero-order chi connectivity index (χ0) is 16.7. The molecular formula is C19H34O4. The normalized spacial score (nSPS) is 30.2. The highest BCUT2D eigenvalue weighted by Gasteiger charge is 2.27. The van der Waals surface area contributed by atoms with Gasteiger partial charge in [0, 0.05) is 11.8 Å². The largest absolute Gasteiger partial charge is 0.481 e. The highest BCUT2D eigenvalue weighted by Crippen LogP contribution is 2.29. The van der Waals surface area contributed by atoms with Crippen LogP contribution < -0.4 is 0 Å². The van der Waals surface area contributed by atoms with Crippen LogP contribution in [0.5, 0.6) is 0 Å². The molecule has 23 heavy (non-hydrogen) atoms. The second-order valence-electron chi connectivity index (χ2n) is 7.06. The van der Waals surface area contributed by atoms with Crippen LogP contribution in [0.1, 0.15) is 79.6 Å². The molecule has 0 amide bonds. The van der Waals surface area contributed by atoms with Gasteiger partial charge in [-0.1, -0.05) is 27.2 Å². The van der Waals surface area contributed by atoms with Crippen molar-refractivity contribution in [3.8, 4) is 0 Å². The van der Waals surface area contributed by atoms with Gasteiger partial charge in [0.05, 0.1) is 5.92 Å². The first kappa shape index (κ1) is 21.8. The number of Topliss-reactive ketones (excluding diaryl/α,β-unsaturated/α-hetero) is 2. The number of carbonyl (C=O) groups excluding carboxylic acids is 2. The van der Waals surface area contributed by atoms with Crippen LogP contribution >= 0.6 is 0 Å². The highest BCUT2D eigenvalue weighted by atomic mass is 16.4. The molecule has 0 aromatic heterocycles. The maximum atomic E-state index is 10.9. The summed E-state index contributed by atoms with van der Waals surface area (Å²) in [4.78, 5) is 32.4. The van der Waals surface area contributed by atoms with E-state index in [0.717, 1.165) is 31.6 Å². The summed E-state index contributed by atoms with van der Waals surface area (Å²) in [6, 6.07) is 0. The van der Waals surface area contributed by atoms with Crippen molar-refractivity contribution in [3.63, 3.8) is 0 Å². The molecule has 4 heteroatoms. The van der Waals surface area contributed by atoms with Crippen LogP contribution in [0.25, 0.3) is 0 Å². The fourth-order valence-electron chi connectivity index (χ4n) is 3.41. The van der Waals surface area contributed by atoms with Crippen molar-refractivity contribution in [1.29, 1.82) is 0 Å². The van der Waals surface area contributed by atoms with E-state index < -0.39 is 5.97 Å². The Morgan fingerprint density at radius 1 is 0.696 bits per heavy atom. The Morgan fingerprint density at radius 2 is 1.00 bits per heavy atom. The number of carboxylic acids is 1. The first-order valence-electron chi connectivity index (χ1n) is 8.55. The fourth-order valence-corrected chi connectivity index (χ4v) is 3.41. The SMILES string of the molecule is C.CC(=O)C1CCC(C(=O)O)CC1.CC(=O)C1CCC(C)CC1. The third-order valence-corrected chi connectivity index (χ3v) is 5.24. The summed E-state index contributed by atoms with van der Waals surface area (Å²) < 4.78 is 0. The number of carboxylic acid groups (broad SMARTS) is 1. The molecule has 4 nitrogen and oxygen atoms in total. The van der Waals surface area contributed by atoms with Crippen molar-refractivity contribution in [2.75, 3.05) is 0 Å². The topological polar surface area (TPSA) is 71.4 Å². The quantitative estimate of drug-likeness (QED) is 0.828. The van der Waals surface area contributed by atoms with E-state index in [1.165, 1.54) is 12.8 Å². The number of hydrogen-bond acceptors (Lipinski definition) is 3. The van der Waals surface area contributed by atoms with E-state index >= 15 is 0 Å². The van der Waals surface area contributed by atoms with Crippen LogP contribution in [-0.2, 0) is 14.4 Å². The zero-order valence-electron chi connectivity index (χ0n) is 14.1. The molecular weight excluding hydrogens is 292 g/mol. The van der Waals surface area contributed by atoms with Gasteiger partial charge in [-0.05, 0) is 58.3 Å². The summed E-state index contributed by atoms with van der Waals surface area (Å²) >= 11 is 0. The van der Waals surface area contributed by atoms with Crippen molar-refractivity contribution in [2.45, 2.75) is 79.6 Å². The standard InChI is InChI=1S/C9H14O3.C9H16O.CH4/c1-6(10)7-2-4-8(5-3-7)9(11)12;1-7-3-5-9(6-4-7)8(2)10;/h7-8H,2-5H2,1H3,(H,11,12);7,9H,3-6H2,1-2H3;1H4. The van der Waals surface area contributed by atoms with Gasteiger partial charge in [0.25, 0.3) is 0 Å². The molecule has 0 spiro atoms. The van der Waals surface area contributed by atoms with E-state index in [-0.39, 0.29) is 25.0 Å². The number of carbonyl (C=O) groups is 3. The van der Waals surface area contributed by atoms with Gasteiger partial charge in [-0.2, -0.15) is 0 Å². The Balaban J connectivity index is 0.000000409. The maximum absolute atomic E-state index is 10.9. The van der Waals surface area contributed by atoms with Crippen molar-refractivity contribution in [2.24, 2.45) is 23.7 Å². The smallest absolute Gasteiger partial charge is 0.306 e. The van der Waals surface area contributed by atoms with Gasteiger partial charge >= 0.3 is 5.97 Å². The van der Waals surface area contributed by atoms with Crippen molar-refractivity contribution < 1.29 is 19.5 Å². The minimum Gasteiger partial charge on any atom is -0.481 e. The summed E-state index contributed by atoms with van der Waals surface area (Å²) in [6.45, 7) is 5.59. The minimum absolute atomic E-state index is 0. The van der Waals surface area contributed by atoms with Crippen molar-refractivity contribution >= 4 is 17.5 Å². The van der Waals surface area contributed by atoms with E-state index in [1.54, 1.807) is 13.8 Å². The third-order valence-electron chi connectivity index (χ3n) is 5.24. The molecule has 2 rings (SSSR count). The molecule has 0 saturated heterocycles. The maximum Gasteiger partial charge on any atom is 0.306 e. The average Bonchev–Trinajstić information content (AvgIpc) is 2.48. The van der Waals surface area contributed by atoms with Crippen LogP contribution in [0, 0.1) is 23.7 Å². The van der Waals surface area contributed by atoms with E-state index in [1.807, 2.05) is 0 Å². The summed E-state index contributed by atoms with van der Waals surface area (Å²) in [7, 11) is 0. The molecule has 2 aliphatic rings. The van der Waals surface area contributed by atoms with E-state index in [0.29, 0.717) is 24.5 Å². The molecule has 1 N–H and O–H groups in total. The van der Waals surface area contributed by atoms with Gasteiger partial charge in [0.2, 0.25) is 0 Å². The molecule has 0 radical (unpaired) electrons. The molecule has 0 aliphatic heterocycles. The molecule has 0 heterocycles. The fraction of sp³-hybridized carbons (Fsp3) is 0.842. The Bertz CT molecular complexity index is 364. The summed E-state index contributed by atoms with van der Waals surface area (Å²) in [5.74, 6) is 1.07. The zero-order valence-corrected chi connectivity index (χ0v) is 14.1. The number of ketones is 2. The molecule has 2 aliphatic carbocycles. The molecule has 2 saturated carbocycles. The number of rotatable bonds is 3. The second kappa shape index (κ2) is 10.6. The molecule has 0 bridgehead atoms. The lowest BCUT2D eigenvalue weighted by Gasteiger charge is -2.23. The number of hydrogen-bond donors (Lipinski definition) is 1. The van der Waals surface area contributed by atoms with E-state index in [4.69, 9.17) is 5.11 Å². The molecule has 0 unspecified atom stereocenters. The van der Waals surface area contributed by atoms with Crippen LogP contribution in [0.4, 0.5) is 0 Å². The Morgan fingerprint density at radius 3 is 1.30 bits per heavy atom. The third kappa shape index (κ3) is 7.76. The first-order valence-corrected chi connectivity index (χ1v) is 8.55. The summed E-state index contributed by atoms with van der Waals surface area (Å²) in [5, 5.41) is 8.68. The van der Waals surface area contributed by atoms with Gasteiger partial charge in [0.1, 0.15) is 11.6 Å². The molecule has 2 fully saturated rings. The van der Waals surface area contributed by atoms with Crippen LogP contribution in [0.2, 0.25) is 0 Å². The van der Waals surface area contributed by atoms with Crippen molar-refractivity contribution in [1.82, 2.24) is 0 Å². The van der Waals surface area contributed by atoms with Crippen molar-refractivity contribution in [3.05, 3.63) is 0 Å². The van der Waals surface area contributed by atoms with Crippen LogP contribution in [0.3, 0.4) is 0 Å². The monoisotopic (exact) mass is 326 g/mol. The van der Waals surface area contributed by atoms with E-state index in [2.05, 4.69) is 6.92 Å². The first-order chi connectivity index (χ1) is 10.3. The molecule has 0 atom stereocenters. The Kier molecular flexibility index (Phi) is 10.0. The van der Waals surface area contributed by atoms with Crippen LogP contribution in [0.15, 0.2) is 0 Å². The Hall–Kier alpha value is -1.19. The second-order valence-corrected chi connectivity index (χ2v) is 7.06. The lowest BCUT2D eigenvalue weighted by atomic mass is 9.80. The highest BCUT2D eigenvalue weighted by molar-refractivity contribution is 5.79. The average molecular weight is 326 g/mol. The molecule has 0 aromatic carbocycles. The van der Waals surface area contributed by atoms with Gasteiger partial charge < -0.3 is 5.11 Å². The predicted octanol–water partition coefficient (Wildman–Crippen LogP) is 4.50. The molecule has 0 aromatic rings. The van der Waals surface area contributed by atoms with Gasteiger partial charge in [-0.3, -0.25) is 14.4 Å². The molecule has 134 valence electrons. The lowest BCUT2D eigenvalue weighted by Crippen LogP contribution is -2.24. The minimum atomic E-state index is -0.711. The Labute approximate surface area is 141 Å². The summed E-state index contributed by atoms with van der Waals surface area (Å²) in [5.41, 5.74) is 0. The van der Waals surface area contributed by atoms with E-state index in [9.17, 15) is 14.4 Å². The summed E-state index contributed by atoms with van der Waals surface area (Å²) in [6.07, 6.45) is 7.62. The number of aliphatic carboxylic acids is 1.